The molecule has 1 amide bonds. The normalized spacial score (nSPS) is 20.3. The maximum absolute atomic E-state index is 12.8. The van der Waals surface area contributed by atoms with Gasteiger partial charge in [0, 0.05) is 13.1 Å². The second-order valence-corrected chi connectivity index (χ2v) is 6.88. The molecule has 0 saturated carbocycles. The standard InChI is InChI=1S/C14H18N4O3S/c1-3-18(4-2)13(19)14(15-11-16-17-14)22(20,21)10-12-8-6-5-7-9-12/h5-9,11H,3-4,10H2,1-2H3. The molecule has 1 aromatic rings. The Morgan fingerprint density at radius 1 is 1.18 bits per heavy atom. The van der Waals surface area contributed by atoms with Crippen LogP contribution < -0.4 is 0 Å². The van der Waals surface area contributed by atoms with Crippen LogP contribution in [0.4, 0.5) is 0 Å². The molecular formula is C14H18N4O3S. The lowest BCUT2D eigenvalue weighted by atomic mass is 10.2. The zero-order chi connectivity index (χ0) is 16.2. The fourth-order valence-electron chi connectivity index (χ4n) is 2.22. The minimum Gasteiger partial charge on any atom is -0.338 e. The van der Waals surface area contributed by atoms with Crippen LogP contribution in [0.25, 0.3) is 0 Å². The van der Waals surface area contributed by atoms with E-state index in [1.165, 1.54) is 4.90 Å². The molecule has 1 atom stereocenters. The molecule has 1 heterocycles. The molecule has 0 radical (unpaired) electrons. The third kappa shape index (κ3) is 2.78. The van der Waals surface area contributed by atoms with E-state index < -0.39 is 20.7 Å². The van der Waals surface area contributed by atoms with Crippen molar-refractivity contribution in [3.8, 4) is 0 Å². The SMILES string of the molecule is CCN(CC)C(=O)C1(S(=O)(=O)Cc2ccccc2)N=CN=N1. The van der Waals surface area contributed by atoms with Gasteiger partial charge in [0.2, 0.25) is 9.84 Å². The molecule has 1 aliphatic heterocycles. The summed E-state index contributed by atoms with van der Waals surface area (Å²) in [5, 5.41) is 7.20. The lowest BCUT2D eigenvalue weighted by molar-refractivity contribution is -0.133. The van der Waals surface area contributed by atoms with Gasteiger partial charge in [-0.05, 0) is 19.4 Å². The second-order valence-electron chi connectivity index (χ2n) is 4.79. The summed E-state index contributed by atoms with van der Waals surface area (Å²) < 4.78 is 25.6. The van der Waals surface area contributed by atoms with Crippen molar-refractivity contribution < 1.29 is 13.2 Å². The largest absolute Gasteiger partial charge is 0.351 e. The van der Waals surface area contributed by atoms with E-state index in [0.29, 0.717) is 18.7 Å². The molecule has 1 aliphatic rings. The van der Waals surface area contributed by atoms with Gasteiger partial charge in [-0.25, -0.2) is 13.4 Å². The van der Waals surface area contributed by atoms with Crippen LogP contribution in [0.15, 0.2) is 45.6 Å². The average Bonchev–Trinajstić information content (AvgIpc) is 3.00. The molecule has 0 spiro atoms. The van der Waals surface area contributed by atoms with Crippen molar-refractivity contribution in [2.45, 2.75) is 24.6 Å². The number of hydrogen-bond donors (Lipinski definition) is 0. The molecule has 8 heteroatoms. The number of aliphatic imine (C=N–C) groups is 1. The summed E-state index contributed by atoms with van der Waals surface area (Å²) in [5.41, 5.74) is 0.575. The van der Waals surface area contributed by atoms with Gasteiger partial charge >= 0.3 is 4.99 Å². The summed E-state index contributed by atoms with van der Waals surface area (Å²) in [6.07, 6.45) is 1.02. The number of nitrogens with zero attached hydrogens (tertiary/aromatic N) is 4. The number of sulfone groups is 1. The van der Waals surface area contributed by atoms with E-state index in [4.69, 9.17) is 0 Å². The van der Waals surface area contributed by atoms with Gasteiger partial charge in [-0.2, -0.15) is 0 Å². The van der Waals surface area contributed by atoms with Gasteiger partial charge in [-0.1, -0.05) is 30.3 Å². The number of carbonyl (C=O) groups is 1. The van der Waals surface area contributed by atoms with Crippen LogP contribution in [0.2, 0.25) is 0 Å². The molecule has 118 valence electrons. The topological polar surface area (TPSA) is 91.5 Å². The Balaban J connectivity index is 2.41. The first kappa shape index (κ1) is 16.3. The lowest BCUT2D eigenvalue weighted by Gasteiger charge is -2.27. The summed E-state index contributed by atoms with van der Waals surface area (Å²) in [4.78, 5) is 15.7. The quantitative estimate of drug-likeness (QED) is 0.796. The minimum absolute atomic E-state index is 0.322. The molecule has 0 fully saturated rings. The fourth-order valence-corrected chi connectivity index (χ4v) is 3.83. The number of amides is 1. The average molecular weight is 322 g/mol. The Hall–Kier alpha value is -2.09. The van der Waals surface area contributed by atoms with Crippen LogP contribution in [-0.4, -0.2) is 43.6 Å². The summed E-state index contributed by atoms with van der Waals surface area (Å²) in [6.45, 7) is 4.30. The van der Waals surface area contributed by atoms with Crippen molar-refractivity contribution in [2.75, 3.05) is 13.1 Å². The van der Waals surface area contributed by atoms with Gasteiger partial charge < -0.3 is 4.90 Å². The van der Waals surface area contributed by atoms with Gasteiger partial charge in [0.1, 0.15) is 6.34 Å². The first-order valence-corrected chi connectivity index (χ1v) is 8.63. The summed E-state index contributed by atoms with van der Waals surface area (Å²) in [7, 11) is -3.99. The highest BCUT2D eigenvalue weighted by molar-refractivity contribution is 7.92. The second kappa shape index (κ2) is 6.35. The highest BCUT2D eigenvalue weighted by Gasteiger charge is 2.54. The van der Waals surface area contributed by atoms with Crippen LogP contribution in [0.3, 0.4) is 0 Å². The number of azo groups is 1. The van der Waals surface area contributed by atoms with Crippen molar-refractivity contribution in [3.05, 3.63) is 35.9 Å². The van der Waals surface area contributed by atoms with E-state index in [1.54, 1.807) is 44.2 Å². The van der Waals surface area contributed by atoms with Crippen LogP contribution in [-0.2, 0) is 20.4 Å². The van der Waals surface area contributed by atoms with Crippen LogP contribution in [0.5, 0.6) is 0 Å². The summed E-state index contributed by atoms with van der Waals surface area (Å²) in [5.74, 6) is -0.983. The van der Waals surface area contributed by atoms with Crippen molar-refractivity contribution in [1.29, 1.82) is 0 Å². The molecule has 0 bridgehead atoms. The van der Waals surface area contributed by atoms with Crippen LogP contribution in [0, 0.1) is 0 Å². The summed E-state index contributed by atoms with van der Waals surface area (Å²) in [6, 6.07) is 8.64. The molecule has 0 N–H and O–H groups in total. The number of likely N-dealkylation sites (N-methyl/N-ethyl adjacent to an activating group) is 1. The number of benzene rings is 1. The van der Waals surface area contributed by atoms with Gasteiger partial charge in [0.15, 0.2) is 0 Å². The van der Waals surface area contributed by atoms with E-state index in [1.807, 2.05) is 0 Å². The Labute approximate surface area is 129 Å². The monoisotopic (exact) mass is 322 g/mol. The van der Waals surface area contributed by atoms with Crippen molar-refractivity contribution in [3.63, 3.8) is 0 Å². The Morgan fingerprint density at radius 3 is 2.32 bits per heavy atom. The van der Waals surface area contributed by atoms with Crippen molar-refractivity contribution in [2.24, 2.45) is 15.2 Å². The van der Waals surface area contributed by atoms with E-state index in [9.17, 15) is 13.2 Å². The summed E-state index contributed by atoms with van der Waals surface area (Å²) >= 11 is 0. The third-order valence-electron chi connectivity index (χ3n) is 3.44. The van der Waals surface area contributed by atoms with Crippen LogP contribution in [0.1, 0.15) is 19.4 Å². The molecule has 0 aromatic heterocycles. The molecule has 2 rings (SSSR count). The first-order valence-electron chi connectivity index (χ1n) is 6.98. The molecular weight excluding hydrogens is 304 g/mol. The fraction of sp³-hybridized carbons (Fsp3) is 0.429. The van der Waals surface area contributed by atoms with Gasteiger partial charge in [0.25, 0.3) is 5.91 Å². The van der Waals surface area contributed by atoms with E-state index in [0.717, 1.165) is 6.34 Å². The Kier molecular flexibility index (Phi) is 4.70. The van der Waals surface area contributed by atoms with Crippen molar-refractivity contribution in [1.82, 2.24) is 4.90 Å². The highest BCUT2D eigenvalue weighted by atomic mass is 32.2. The van der Waals surface area contributed by atoms with Gasteiger partial charge in [-0.3, -0.25) is 4.79 Å². The van der Waals surface area contributed by atoms with Crippen molar-refractivity contribution >= 4 is 22.1 Å². The Bertz CT molecular complexity index is 682. The third-order valence-corrected chi connectivity index (χ3v) is 5.38. The predicted octanol–water partition coefficient (Wildman–Crippen LogP) is 1.62. The van der Waals surface area contributed by atoms with E-state index in [2.05, 4.69) is 15.2 Å². The smallest absolute Gasteiger partial charge is 0.338 e. The first-order chi connectivity index (χ1) is 10.5. The zero-order valence-electron chi connectivity index (χ0n) is 12.5. The lowest BCUT2D eigenvalue weighted by Crippen LogP contribution is -2.51. The minimum atomic E-state index is -3.99. The van der Waals surface area contributed by atoms with E-state index in [-0.39, 0.29) is 5.75 Å². The maximum atomic E-state index is 12.8. The molecule has 22 heavy (non-hydrogen) atoms. The molecule has 0 saturated heterocycles. The van der Waals surface area contributed by atoms with Crippen LogP contribution >= 0.6 is 0 Å². The molecule has 1 aromatic carbocycles. The maximum Gasteiger partial charge on any atom is 0.351 e. The zero-order valence-corrected chi connectivity index (χ0v) is 13.3. The molecule has 1 unspecified atom stereocenters. The van der Waals surface area contributed by atoms with E-state index >= 15 is 0 Å². The number of carbonyl (C=O) groups excluding carboxylic acids is 1. The highest BCUT2D eigenvalue weighted by Crippen LogP contribution is 2.30. The molecule has 0 aliphatic carbocycles. The number of hydrogen-bond acceptors (Lipinski definition) is 6. The van der Waals surface area contributed by atoms with Gasteiger partial charge in [-0.15, -0.1) is 10.2 Å². The predicted molar refractivity (Wildman–Crippen MR) is 83.1 cm³/mol. The Morgan fingerprint density at radius 2 is 1.82 bits per heavy atom. The van der Waals surface area contributed by atoms with Gasteiger partial charge in [0.05, 0.1) is 5.75 Å². The molecule has 7 nitrogen and oxygen atoms in total. The number of rotatable bonds is 6.